The molecule has 3 heterocycles. The van der Waals surface area contributed by atoms with Crippen LogP contribution < -0.4 is 0 Å². The van der Waals surface area contributed by atoms with Crippen LogP contribution in [-0.4, -0.2) is 70.5 Å². The molecule has 2 fully saturated rings. The minimum atomic E-state index is -0.393. The molecule has 0 aromatic heterocycles. The molecule has 2 saturated heterocycles. The highest BCUT2D eigenvalue weighted by Gasteiger charge is 2.39. The van der Waals surface area contributed by atoms with Crippen molar-refractivity contribution in [1.82, 2.24) is 14.7 Å². The maximum atomic E-state index is 12.8. The highest BCUT2D eigenvalue weighted by atomic mass is 16.2. The second kappa shape index (κ2) is 7.37. The largest absolute Gasteiger partial charge is 0.341 e. The lowest BCUT2D eigenvalue weighted by Crippen LogP contribution is -2.47. The Hall–Kier alpha value is -2.70. The molecule has 1 atom stereocenters. The highest BCUT2D eigenvalue weighted by Crippen LogP contribution is 2.27. The molecule has 0 spiro atoms. The average molecular weight is 383 g/mol. The summed E-state index contributed by atoms with van der Waals surface area (Å²) in [5, 5.41) is 0. The first-order valence-electron chi connectivity index (χ1n) is 10.0. The number of fused-ring (bicyclic) bond motifs is 1. The van der Waals surface area contributed by atoms with Crippen molar-refractivity contribution >= 4 is 23.6 Å². The second-order valence-electron chi connectivity index (χ2n) is 7.79. The van der Waals surface area contributed by atoms with Crippen molar-refractivity contribution in [3.8, 4) is 0 Å². The summed E-state index contributed by atoms with van der Waals surface area (Å²) in [5.41, 5.74) is 1.60. The van der Waals surface area contributed by atoms with Crippen molar-refractivity contribution in [2.45, 2.75) is 45.1 Å². The molecule has 148 valence electrons. The van der Waals surface area contributed by atoms with Crippen LogP contribution in [0.4, 0.5) is 0 Å². The first-order valence-corrected chi connectivity index (χ1v) is 10.0. The van der Waals surface area contributed by atoms with Crippen molar-refractivity contribution in [3.05, 3.63) is 34.9 Å². The summed E-state index contributed by atoms with van der Waals surface area (Å²) in [5.74, 6) is -0.803. The predicted molar refractivity (Wildman–Crippen MR) is 102 cm³/mol. The lowest BCUT2D eigenvalue weighted by molar-refractivity contribution is -0.143. The summed E-state index contributed by atoms with van der Waals surface area (Å²) < 4.78 is 0. The molecule has 28 heavy (non-hydrogen) atoms. The zero-order chi connectivity index (χ0) is 19.8. The number of nitrogens with zero attached hydrogens (tertiary/aromatic N) is 3. The molecule has 3 aliphatic rings. The molecule has 4 rings (SSSR count). The molecule has 0 radical (unpaired) electrons. The predicted octanol–water partition coefficient (Wildman–Crippen LogP) is 1.59. The van der Waals surface area contributed by atoms with Gasteiger partial charge in [-0.25, -0.2) is 0 Å². The van der Waals surface area contributed by atoms with E-state index in [0.717, 1.165) is 42.8 Å². The van der Waals surface area contributed by atoms with Crippen molar-refractivity contribution in [2.24, 2.45) is 0 Å². The standard InChI is InChI=1S/C21H25N3O4/c1-14-6-4-7-15-18(14)21(28)24(19(15)26)13-9-17(25)23-12-5-8-16(23)20(27)22-10-2-3-11-22/h4,6-7,16H,2-3,5,8-13H2,1H3/t16-/m0/s1. The van der Waals surface area contributed by atoms with Gasteiger partial charge in [-0.2, -0.15) is 0 Å². The van der Waals surface area contributed by atoms with Gasteiger partial charge in [0.25, 0.3) is 11.8 Å². The minimum absolute atomic E-state index is 0.0414. The van der Waals surface area contributed by atoms with Crippen LogP contribution in [0.25, 0.3) is 0 Å². The molecule has 0 saturated carbocycles. The van der Waals surface area contributed by atoms with Gasteiger partial charge in [-0.3, -0.25) is 24.1 Å². The lowest BCUT2D eigenvalue weighted by atomic mass is 10.0. The van der Waals surface area contributed by atoms with Crippen molar-refractivity contribution in [2.75, 3.05) is 26.2 Å². The van der Waals surface area contributed by atoms with Gasteiger partial charge in [0.15, 0.2) is 0 Å². The van der Waals surface area contributed by atoms with Crippen LogP contribution >= 0.6 is 0 Å². The number of likely N-dealkylation sites (tertiary alicyclic amines) is 2. The third-order valence-electron chi connectivity index (χ3n) is 6.03. The van der Waals surface area contributed by atoms with Gasteiger partial charge in [0.2, 0.25) is 11.8 Å². The van der Waals surface area contributed by atoms with Crippen LogP contribution in [-0.2, 0) is 9.59 Å². The number of hydrogen-bond acceptors (Lipinski definition) is 4. The number of rotatable bonds is 4. The smallest absolute Gasteiger partial charge is 0.261 e. The molecule has 0 bridgehead atoms. The number of benzene rings is 1. The van der Waals surface area contributed by atoms with E-state index in [0.29, 0.717) is 24.1 Å². The van der Waals surface area contributed by atoms with Gasteiger partial charge in [-0.1, -0.05) is 12.1 Å². The SMILES string of the molecule is Cc1cccc2c1C(=O)N(CCC(=O)N1CCC[C@H]1C(=O)N1CCCC1)C2=O. The minimum Gasteiger partial charge on any atom is -0.341 e. The quantitative estimate of drug-likeness (QED) is 0.740. The van der Waals surface area contributed by atoms with Gasteiger partial charge >= 0.3 is 0 Å². The zero-order valence-corrected chi connectivity index (χ0v) is 16.1. The maximum Gasteiger partial charge on any atom is 0.261 e. The molecule has 0 unspecified atom stereocenters. The highest BCUT2D eigenvalue weighted by molar-refractivity contribution is 6.22. The molecule has 1 aromatic rings. The Kier molecular flexibility index (Phi) is 4.91. The van der Waals surface area contributed by atoms with Gasteiger partial charge in [0.1, 0.15) is 6.04 Å². The van der Waals surface area contributed by atoms with Crippen LogP contribution in [0.15, 0.2) is 18.2 Å². The Morgan fingerprint density at radius 2 is 1.79 bits per heavy atom. The monoisotopic (exact) mass is 383 g/mol. The maximum absolute atomic E-state index is 12.8. The van der Waals surface area contributed by atoms with Crippen LogP contribution in [0, 0.1) is 6.92 Å². The molecule has 3 aliphatic heterocycles. The fourth-order valence-corrected chi connectivity index (χ4v) is 4.53. The summed E-state index contributed by atoms with van der Waals surface area (Å²) in [6.45, 7) is 3.95. The Morgan fingerprint density at radius 3 is 2.50 bits per heavy atom. The van der Waals surface area contributed by atoms with Gasteiger partial charge in [0, 0.05) is 32.6 Å². The second-order valence-corrected chi connectivity index (χ2v) is 7.79. The summed E-state index contributed by atoms with van der Waals surface area (Å²) >= 11 is 0. The van der Waals surface area contributed by atoms with Gasteiger partial charge in [-0.05, 0) is 44.2 Å². The Balaban J connectivity index is 1.40. The molecule has 0 N–H and O–H groups in total. The Labute approximate surface area is 164 Å². The lowest BCUT2D eigenvalue weighted by Gasteiger charge is -2.28. The van der Waals surface area contributed by atoms with E-state index < -0.39 is 6.04 Å². The summed E-state index contributed by atoms with van der Waals surface area (Å²) in [7, 11) is 0. The Bertz CT molecular complexity index is 844. The third kappa shape index (κ3) is 3.08. The molecule has 1 aromatic carbocycles. The van der Waals surface area contributed by atoms with E-state index in [-0.39, 0.29) is 36.6 Å². The van der Waals surface area contributed by atoms with Crippen molar-refractivity contribution in [3.63, 3.8) is 0 Å². The van der Waals surface area contributed by atoms with E-state index in [9.17, 15) is 19.2 Å². The summed E-state index contributed by atoms with van der Waals surface area (Å²) in [4.78, 5) is 55.4. The van der Waals surface area contributed by atoms with Crippen LogP contribution in [0.2, 0.25) is 0 Å². The summed E-state index contributed by atoms with van der Waals surface area (Å²) in [6.07, 6.45) is 3.58. The third-order valence-corrected chi connectivity index (χ3v) is 6.03. The van der Waals surface area contributed by atoms with Crippen LogP contribution in [0.3, 0.4) is 0 Å². The number of hydrogen-bond donors (Lipinski definition) is 0. The molecule has 7 heteroatoms. The summed E-state index contributed by atoms with van der Waals surface area (Å²) in [6, 6.07) is 4.81. The fraction of sp³-hybridized carbons (Fsp3) is 0.524. The van der Waals surface area contributed by atoms with E-state index in [4.69, 9.17) is 0 Å². The van der Waals surface area contributed by atoms with Crippen molar-refractivity contribution in [1.29, 1.82) is 0 Å². The average Bonchev–Trinajstić information content (AvgIpc) is 3.42. The van der Waals surface area contributed by atoms with Crippen LogP contribution in [0.1, 0.15) is 58.4 Å². The number of carbonyl (C=O) groups is 4. The number of carbonyl (C=O) groups excluding carboxylic acids is 4. The van der Waals surface area contributed by atoms with Crippen LogP contribution in [0.5, 0.6) is 0 Å². The van der Waals surface area contributed by atoms with Gasteiger partial charge in [0.05, 0.1) is 11.1 Å². The molecular weight excluding hydrogens is 358 g/mol. The molecule has 0 aliphatic carbocycles. The van der Waals surface area contributed by atoms with E-state index in [1.807, 2.05) is 4.90 Å². The van der Waals surface area contributed by atoms with Gasteiger partial charge < -0.3 is 9.80 Å². The molecular formula is C21H25N3O4. The fourth-order valence-electron chi connectivity index (χ4n) is 4.53. The molecule has 7 nitrogen and oxygen atoms in total. The Morgan fingerprint density at radius 1 is 1.04 bits per heavy atom. The van der Waals surface area contributed by atoms with Gasteiger partial charge in [-0.15, -0.1) is 0 Å². The topological polar surface area (TPSA) is 78.0 Å². The number of amides is 4. The molecule has 4 amide bonds. The van der Waals surface area contributed by atoms with Crippen molar-refractivity contribution < 1.29 is 19.2 Å². The normalized spacial score (nSPS) is 21.6. The zero-order valence-electron chi connectivity index (χ0n) is 16.1. The van der Waals surface area contributed by atoms with E-state index in [2.05, 4.69) is 0 Å². The van der Waals surface area contributed by atoms with E-state index in [1.54, 1.807) is 30.0 Å². The first-order chi connectivity index (χ1) is 13.5. The first kappa shape index (κ1) is 18.7. The van der Waals surface area contributed by atoms with E-state index in [1.165, 1.54) is 0 Å². The van der Waals surface area contributed by atoms with E-state index >= 15 is 0 Å². The number of aryl methyl sites for hydroxylation is 1. The number of imide groups is 1.